The molecule has 0 aliphatic carbocycles. The Morgan fingerprint density at radius 1 is 1.21 bits per heavy atom. The van der Waals surface area contributed by atoms with Crippen LogP contribution in [0.25, 0.3) is 10.8 Å². The molecule has 9 nitrogen and oxygen atoms in total. The van der Waals surface area contributed by atoms with E-state index in [1.165, 1.54) is 6.08 Å². The van der Waals surface area contributed by atoms with Crippen LogP contribution in [0.4, 0.5) is 11.4 Å². The molecule has 0 spiro atoms. The summed E-state index contributed by atoms with van der Waals surface area (Å²) in [6, 6.07) is 14.4. The monoisotopic (exact) mass is 580 g/mol. The minimum Gasteiger partial charge on any atom is -0.508 e. The topological polar surface area (TPSA) is 96.2 Å². The Balaban J connectivity index is 1.42. The quantitative estimate of drug-likeness (QED) is 0.427. The number of aromatic nitrogens is 1. The first-order chi connectivity index (χ1) is 20.8. The Kier molecular flexibility index (Phi) is 7.89. The number of ether oxygens (including phenoxy) is 1. The van der Waals surface area contributed by atoms with Crippen LogP contribution in [0.2, 0.25) is 0 Å². The van der Waals surface area contributed by atoms with Crippen molar-refractivity contribution < 1.29 is 14.6 Å². The summed E-state index contributed by atoms with van der Waals surface area (Å²) in [4.78, 5) is 26.3. The van der Waals surface area contributed by atoms with Crippen molar-refractivity contribution in [3.63, 3.8) is 0 Å². The zero-order valence-electron chi connectivity index (χ0n) is 25.3. The Labute approximate surface area is 253 Å². The number of phenolic OH excluding ortho intramolecular Hbond substituents is 1. The summed E-state index contributed by atoms with van der Waals surface area (Å²) in [6.07, 6.45) is 4.26. The number of pyridine rings is 1. The minimum absolute atomic E-state index is 0.0134. The van der Waals surface area contributed by atoms with Gasteiger partial charge >= 0.3 is 0 Å². The van der Waals surface area contributed by atoms with Crippen LogP contribution in [0, 0.1) is 11.3 Å². The first-order valence-electron chi connectivity index (χ1n) is 15.2. The van der Waals surface area contributed by atoms with E-state index in [0.717, 1.165) is 52.8 Å². The fourth-order valence-corrected chi connectivity index (χ4v) is 7.03. The van der Waals surface area contributed by atoms with Crippen LogP contribution in [-0.2, 0) is 17.8 Å². The average Bonchev–Trinajstić information content (AvgIpc) is 3.43. The second-order valence-corrected chi connectivity index (χ2v) is 12.2. The number of rotatable bonds is 6. The lowest BCUT2D eigenvalue weighted by Gasteiger charge is -2.46. The molecule has 0 saturated carbocycles. The molecule has 1 amide bonds. The zero-order valence-corrected chi connectivity index (χ0v) is 25.3. The van der Waals surface area contributed by atoms with E-state index in [2.05, 4.69) is 47.4 Å². The van der Waals surface area contributed by atoms with Crippen molar-refractivity contribution in [1.82, 2.24) is 14.8 Å². The molecule has 3 aliphatic heterocycles. The number of likely N-dealkylation sites (N-methyl/N-ethyl adjacent to an activating group) is 1. The Morgan fingerprint density at radius 3 is 2.77 bits per heavy atom. The van der Waals surface area contributed by atoms with E-state index >= 15 is 0 Å². The Hall–Kier alpha value is -4.29. The molecule has 3 aliphatic rings. The number of carbonyl (C=O) groups excluding carboxylic acids is 1. The van der Waals surface area contributed by atoms with Crippen molar-refractivity contribution >= 4 is 28.1 Å². The minimum atomic E-state index is -0.0741. The number of hydrogen-bond donors (Lipinski definition) is 1. The van der Waals surface area contributed by atoms with Crippen molar-refractivity contribution in [1.29, 1.82) is 5.26 Å². The van der Waals surface area contributed by atoms with Crippen LogP contribution in [0.1, 0.15) is 43.5 Å². The molecule has 1 N–H and O–H groups in total. The highest BCUT2D eigenvalue weighted by atomic mass is 16.5. The number of fused-ring (bicyclic) bond motifs is 2. The largest absolute Gasteiger partial charge is 0.508 e. The van der Waals surface area contributed by atoms with Gasteiger partial charge in [-0.2, -0.15) is 5.26 Å². The van der Waals surface area contributed by atoms with Gasteiger partial charge in [0.25, 0.3) is 0 Å². The Morgan fingerprint density at radius 2 is 2.02 bits per heavy atom. The smallest absolute Gasteiger partial charge is 0.246 e. The lowest BCUT2D eigenvalue weighted by Crippen LogP contribution is -2.58. The fraction of sp³-hybridized carbons (Fsp3) is 0.441. The van der Waals surface area contributed by atoms with Crippen LogP contribution in [0.3, 0.4) is 0 Å². The van der Waals surface area contributed by atoms with Crippen LogP contribution >= 0.6 is 0 Å². The van der Waals surface area contributed by atoms with Gasteiger partial charge in [0.2, 0.25) is 11.8 Å². The number of nitrogens with zero attached hydrogens (tertiary/aromatic N) is 6. The molecule has 1 unspecified atom stereocenters. The summed E-state index contributed by atoms with van der Waals surface area (Å²) in [5.74, 6) is 0.533. The number of amides is 1. The van der Waals surface area contributed by atoms with Gasteiger partial charge in [-0.3, -0.25) is 4.79 Å². The van der Waals surface area contributed by atoms with Crippen LogP contribution in [0.5, 0.6) is 11.6 Å². The highest BCUT2D eigenvalue weighted by Crippen LogP contribution is 2.41. The van der Waals surface area contributed by atoms with E-state index in [9.17, 15) is 15.2 Å². The van der Waals surface area contributed by atoms with Gasteiger partial charge in [0, 0.05) is 60.5 Å². The number of anilines is 2. The van der Waals surface area contributed by atoms with Crippen LogP contribution in [-0.4, -0.2) is 83.8 Å². The molecule has 6 rings (SSSR count). The lowest BCUT2D eigenvalue weighted by molar-refractivity contribution is -0.128. The molecule has 2 aromatic carbocycles. The maximum absolute atomic E-state index is 12.6. The van der Waals surface area contributed by atoms with E-state index in [1.54, 1.807) is 6.07 Å². The number of nitriles is 1. The SMILES string of the molecule is C=CC(=O)N1C[C@H](C)N(c2c(C#N)c(OCC3CCCN3C)nc3c2CCN(c2cc(O)cc4ccccc24)C3)C[C@H]1C. The summed E-state index contributed by atoms with van der Waals surface area (Å²) in [5, 5.41) is 23.2. The van der Waals surface area contributed by atoms with E-state index in [1.807, 2.05) is 36.1 Å². The maximum atomic E-state index is 12.6. The summed E-state index contributed by atoms with van der Waals surface area (Å²) >= 11 is 0. The molecule has 224 valence electrons. The van der Waals surface area contributed by atoms with Crippen molar-refractivity contribution in [2.45, 2.75) is 57.8 Å². The molecule has 2 fully saturated rings. The molecule has 2 saturated heterocycles. The molecule has 4 heterocycles. The average molecular weight is 581 g/mol. The number of likely N-dealkylation sites (tertiary alicyclic amines) is 1. The van der Waals surface area contributed by atoms with Gasteiger partial charge in [-0.1, -0.05) is 30.8 Å². The first kappa shape index (κ1) is 28.8. The molecule has 9 heteroatoms. The molecule has 3 atom stereocenters. The van der Waals surface area contributed by atoms with Crippen LogP contribution in [0.15, 0.2) is 49.1 Å². The lowest BCUT2D eigenvalue weighted by atomic mass is 9.95. The highest BCUT2D eigenvalue weighted by molar-refractivity contribution is 5.96. The summed E-state index contributed by atoms with van der Waals surface area (Å²) in [7, 11) is 2.11. The molecular weight excluding hydrogens is 540 g/mol. The van der Waals surface area contributed by atoms with Crippen molar-refractivity contribution in [3.8, 4) is 17.7 Å². The van der Waals surface area contributed by atoms with E-state index < -0.39 is 0 Å². The third kappa shape index (κ3) is 5.36. The zero-order chi connectivity index (χ0) is 30.2. The first-order valence-corrected chi connectivity index (χ1v) is 15.2. The number of piperazine rings is 1. The standard InChI is InChI=1S/C34H40N6O3/c1-5-32(42)39-18-23(3)40(19-22(39)2)33-28-12-14-38(31-16-26(41)15-24-9-6-7-11-27(24)31)20-30(28)36-34(29(33)17-35)43-21-25-10-8-13-37(25)4/h5-7,9,11,15-16,22-23,25,41H,1,8,10,12-14,18-21H2,2-4H3/t22-,23+,25?/m1/s1. The normalized spacial score (nSPS) is 22.4. The predicted molar refractivity (Wildman–Crippen MR) is 169 cm³/mol. The second kappa shape index (κ2) is 11.8. The van der Waals surface area contributed by atoms with E-state index in [4.69, 9.17) is 9.72 Å². The van der Waals surface area contributed by atoms with Crippen molar-refractivity contribution in [2.24, 2.45) is 0 Å². The van der Waals surface area contributed by atoms with Gasteiger partial charge in [0.1, 0.15) is 24.0 Å². The van der Waals surface area contributed by atoms with Gasteiger partial charge in [-0.05, 0) is 64.2 Å². The summed E-state index contributed by atoms with van der Waals surface area (Å²) in [5.41, 5.74) is 4.26. The van der Waals surface area contributed by atoms with Gasteiger partial charge in [-0.25, -0.2) is 4.98 Å². The third-order valence-electron chi connectivity index (χ3n) is 9.39. The fourth-order valence-electron chi connectivity index (χ4n) is 7.03. The maximum Gasteiger partial charge on any atom is 0.246 e. The predicted octanol–water partition coefficient (Wildman–Crippen LogP) is 4.46. The van der Waals surface area contributed by atoms with Gasteiger partial charge < -0.3 is 29.4 Å². The van der Waals surface area contributed by atoms with E-state index in [-0.39, 0.29) is 29.8 Å². The number of aromatic hydroxyl groups is 1. The van der Waals surface area contributed by atoms with Crippen molar-refractivity contribution in [2.75, 3.05) is 49.6 Å². The molecule has 3 aromatic rings. The Bertz CT molecular complexity index is 1600. The number of carbonyl (C=O) groups is 1. The van der Waals surface area contributed by atoms with E-state index in [0.29, 0.717) is 50.7 Å². The molecule has 43 heavy (non-hydrogen) atoms. The molecular formula is C34H40N6O3. The van der Waals surface area contributed by atoms with Crippen molar-refractivity contribution in [3.05, 3.63) is 65.9 Å². The third-order valence-corrected chi connectivity index (χ3v) is 9.39. The van der Waals surface area contributed by atoms with Gasteiger partial charge in [0.05, 0.1) is 17.9 Å². The second-order valence-electron chi connectivity index (χ2n) is 12.2. The number of benzene rings is 2. The molecule has 0 bridgehead atoms. The summed E-state index contributed by atoms with van der Waals surface area (Å²) < 4.78 is 6.41. The van der Waals surface area contributed by atoms with Crippen LogP contribution < -0.4 is 14.5 Å². The van der Waals surface area contributed by atoms with Gasteiger partial charge in [0.15, 0.2) is 0 Å². The summed E-state index contributed by atoms with van der Waals surface area (Å²) in [6.45, 7) is 11.7. The van der Waals surface area contributed by atoms with Gasteiger partial charge in [-0.15, -0.1) is 0 Å². The molecule has 0 radical (unpaired) electrons. The number of hydrogen-bond acceptors (Lipinski definition) is 8. The highest BCUT2D eigenvalue weighted by Gasteiger charge is 2.37. The molecule has 1 aromatic heterocycles. The number of phenols is 1.